The highest BCUT2D eigenvalue weighted by molar-refractivity contribution is 9.10. The molecule has 0 aromatic heterocycles. The topological polar surface area (TPSA) is 29.1 Å². The Hall–Kier alpha value is -0.830. The lowest BCUT2D eigenvalue weighted by molar-refractivity contribution is -0.115. The molecule has 0 spiro atoms. The summed E-state index contributed by atoms with van der Waals surface area (Å²) >= 11 is 3.26. The number of aryl methyl sites for hydroxylation is 2. The van der Waals surface area contributed by atoms with E-state index in [1.807, 2.05) is 32.0 Å². The molecule has 1 atom stereocenters. The van der Waals surface area contributed by atoms with Crippen LogP contribution >= 0.6 is 15.9 Å². The summed E-state index contributed by atoms with van der Waals surface area (Å²) in [6, 6.07) is 6.07. The van der Waals surface area contributed by atoms with E-state index in [1.54, 1.807) is 0 Å². The largest absolute Gasteiger partial charge is 0.325 e. The van der Waals surface area contributed by atoms with Gasteiger partial charge in [-0.1, -0.05) is 41.1 Å². The maximum absolute atomic E-state index is 11.6. The second-order valence-corrected chi connectivity index (χ2v) is 4.94. The van der Waals surface area contributed by atoms with Gasteiger partial charge < -0.3 is 5.32 Å². The number of amides is 1. The third kappa shape index (κ3) is 3.06. The van der Waals surface area contributed by atoms with E-state index in [0.29, 0.717) is 0 Å². The van der Waals surface area contributed by atoms with E-state index in [2.05, 4.69) is 28.2 Å². The van der Waals surface area contributed by atoms with Crippen molar-refractivity contribution in [3.8, 4) is 0 Å². The SMILES string of the molecule is CCc1cccc(C)c1NC(=O)C(C)Br. The van der Waals surface area contributed by atoms with Gasteiger partial charge in [0.15, 0.2) is 0 Å². The Morgan fingerprint density at radius 1 is 1.53 bits per heavy atom. The molecule has 1 unspecified atom stereocenters. The molecular weight excluding hydrogens is 254 g/mol. The predicted molar refractivity (Wildman–Crippen MR) is 67.6 cm³/mol. The molecule has 3 heteroatoms. The molecule has 0 bridgehead atoms. The Labute approximate surface area is 99.2 Å². The first-order chi connectivity index (χ1) is 7.06. The number of para-hydroxylation sites is 1. The Balaban J connectivity index is 2.97. The predicted octanol–water partition coefficient (Wildman–Crippen LogP) is 3.28. The zero-order valence-electron chi connectivity index (χ0n) is 9.30. The van der Waals surface area contributed by atoms with Crippen molar-refractivity contribution in [1.29, 1.82) is 0 Å². The van der Waals surface area contributed by atoms with E-state index >= 15 is 0 Å². The molecule has 15 heavy (non-hydrogen) atoms. The van der Waals surface area contributed by atoms with Crippen LogP contribution in [-0.4, -0.2) is 10.7 Å². The highest BCUT2D eigenvalue weighted by atomic mass is 79.9. The van der Waals surface area contributed by atoms with E-state index in [-0.39, 0.29) is 10.7 Å². The molecule has 0 saturated heterocycles. The van der Waals surface area contributed by atoms with Crippen molar-refractivity contribution in [3.63, 3.8) is 0 Å². The van der Waals surface area contributed by atoms with Crippen LogP contribution in [0.3, 0.4) is 0 Å². The molecule has 0 aliphatic heterocycles. The summed E-state index contributed by atoms with van der Waals surface area (Å²) in [7, 11) is 0. The zero-order chi connectivity index (χ0) is 11.4. The monoisotopic (exact) mass is 269 g/mol. The van der Waals surface area contributed by atoms with Gasteiger partial charge in [-0.15, -0.1) is 0 Å². The maximum Gasteiger partial charge on any atom is 0.237 e. The van der Waals surface area contributed by atoms with Gasteiger partial charge in [0.05, 0.1) is 4.83 Å². The Bertz CT molecular complexity index is 361. The fourth-order valence-electron chi connectivity index (χ4n) is 1.42. The Kier molecular flexibility index (Phi) is 4.33. The van der Waals surface area contributed by atoms with Gasteiger partial charge in [-0.3, -0.25) is 4.79 Å². The van der Waals surface area contributed by atoms with Crippen LogP contribution in [0.5, 0.6) is 0 Å². The van der Waals surface area contributed by atoms with E-state index in [4.69, 9.17) is 0 Å². The number of anilines is 1. The molecule has 0 aliphatic carbocycles. The van der Waals surface area contributed by atoms with Crippen molar-refractivity contribution in [2.75, 3.05) is 5.32 Å². The van der Waals surface area contributed by atoms with Crippen LogP contribution in [0, 0.1) is 6.92 Å². The van der Waals surface area contributed by atoms with E-state index < -0.39 is 0 Å². The van der Waals surface area contributed by atoms with Crippen molar-refractivity contribution in [3.05, 3.63) is 29.3 Å². The number of halogens is 1. The maximum atomic E-state index is 11.6. The Morgan fingerprint density at radius 3 is 2.73 bits per heavy atom. The van der Waals surface area contributed by atoms with Crippen LogP contribution in [0.1, 0.15) is 25.0 Å². The number of alkyl halides is 1. The minimum atomic E-state index is -0.165. The second kappa shape index (κ2) is 5.31. The molecule has 1 N–H and O–H groups in total. The normalized spacial score (nSPS) is 12.3. The summed E-state index contributed by atoms with van der Waals surface area (Å²) in [6.45, 7) is 5.91. The molecule has 0 aliphatic rings. The van der Waals surface area contributed by atoms with Crippen LogP contribution in [0.25, 0.3) is 0 Å². The Morgan fingerprint density at radius 2 is 2.20 bits per heavy atom. The molecule has 0 fully saturated rings. The average Bonchev–Trinajstić information content (AvgIpc) is 2.20. The zero-order valence-corrected chi connectivity index (χ0v) is 10.9. The molecule has 1 aromatic rings. The van der Waals surface area contributed by atoms with Crippen molar-refractivity contribution in [2.45, 2.75) is 32.0 Å². The molecule has 1 aromatic carbocycles. The second-order valence-electron chi connectivity index (χ2n) is 3.57. The summed E-state index contributed by atoms with van der Waals surface area (Å²) in [4.78, 5) is 11.4. The number of hydrogen-bond donors (Lipinski definition) is 1. The van der Waals surface area contributed by atoms with Gasteiger partial charge in [0, 0.05) is 5.69 Å². The summed E-state index contributed by atoms with van der Waals surface area (Å²) in [5.74, 6) is -0.000926. The van der Waals surface area contributed by atoms with Crippen LogP contribution in [0.4, 0.5) is 5.69 Å². The summed E-state index contributed by atoms with van der Waals surface area (Å²) < 4.78 is 0. The number of rotatable bonds is 3. The van der Waals surface area contributed by atoms with Crippen molar-refractivity contribution < 1.29 is 4.79 Å². The molecule has 1 amide bonds. The highest BCUT2D eigenvalue weighted by Crippen LogP contribution is 2.21. The third-order valence-corrected chi connectivity index (χ3v) is 2.77. The van der Waals surface area contributed by atoms with Gasteiger partial charge in [-0.05, 0) is 31.4 Å². The highest BCUT2D eigenvalue weighted by Gasteiger charge is 2.12. The van der Waals surface area contributed by atoms with Gasteiger partial charge in [-0.25, -0.2) is 0 Å². The van der Waals surface area contributed by atoms with Gasteiger partial charge in [-0.2, -0.15) is 0 Å². The molecule has 0 radical (unpaired) electrons. The summed E-state index contributed by atoms with van der Waals surface area (Å²) in [5, 5.41) is 2.94. The first-order valence-electron chi connectivity index (χ1n) is 5.09. The molecule has 2 nitrogen and oxygen atoms in total. The fraction of sp³-hybridized carbons (Fsp3) is 0.417. The molecule has 82 valence electrons. The molecule has 0 saturated carbocycles. The first kappa shape index (κ1) is 12.2. The first-order valence-corrected chi connectivity index (χ1v) is 6.01. The minimum Gasteiger partial charge on any atom is -0.325 e. The quantitative estimate of drug-likeness (QED) is 0.839. The number of nitrogens with one attached hydrogen (secondary N) is 1. The van der Waals surface area contributed by atoms with Crippen LogP contribution in [0.15, 0.2) is 18.2 Å². The van der Waals surface area contributed by atoms with Crippen LogP contribution in [-0.2, 0) is 11.2 Å². The van der Waals surface area contributed by atoms with Crippen molar-refractivity contribution >= 4 is 27.5 Å². The van der Waals surface area contributed by atoms with Gasteiger partial charge >= 0.3 is 0 Å². The van der Waals surface area contributed by atoms with E-state index in [1.165, 1.54) is 5.56 Å². The summed E-state index contributed by atoms with van der Waals surface area (Å²) in [6.07, 6.45) is 0.925. The van der Waals surface area contributed by atoms with Crippen LogP contribution < -0.4 is 5.32 Å². The van der Waals surface area contributed by atoms with E-state index in [0.717, 1.165) is 17.7 Å². The standard InChI is InChI=1S/C12H16BrNO/c1-4-10-7-5-6-8(2)11(10)14-12(15)9(3)13/h5-7,9H,4H2,1-3H3,(H,14,15). The lowest BCUT2D eigenvalue weighted by Gasteiger charge is -2.13. The number of carbonyl (C=O) groups is 1. The minimum absolute atomic E-state index is 0.000926. The summed E-state index contributed by atoms with van der Waals surface area (Å²) in [5.41, 5.74) is 3.24. The number of benzene rings is 1. The lowest BCUT2D eigenvalue weighted by atomic mass is 10.1. The smallest absolute Gasteiger partial charge is 0.237 e. The molecular formula is C12H16BrNO. The third-order valence-electron chi connectivity index (χ3n) is 2.35. The average molecular weight is 270 g/mol. The van der Waals surface area contributed by atoms with Crippen molar-refractivity contribution in [1.82, 2.24) is 0 Å². The molecule has 0 heterocycles. The van der Waals surface area contributed by atoms with E-state index in [9.17, 15) is 4.79 Å². The number of hydrogen-bond acceptors (Lipinski definition) is 1. The van der Waals surface area contributed by atoms with Crippen molar-refractivity contribution in [2.24, 2.45) is 0 Å². The van der Waals surface area contributed by atoms with Gasteiger partial charge in [0.2, 0.25) is 5.91 Å². The van der Waals surface area contributed by atoms with Gasteiger partial charge in [0.1, 0.15) is 0 Å². The lowest BCUT2D eigenvalue weighted by Crippen LogP contribution is -2.21. The fourth-order valence-corrected chi connectivity index (χ4v) is 1.54. The molecule has 1 rings (SSSR count). The van der Waals surface area contributed by atoms with Crippen LogP contribution in [0.2, 0.25) is 0 Å². The van der Waals surface area contributed by atoms with Gasteiger partial charge in [0.25, 0.3) is 0 Å². The number of carbonyl (C=O) groups excluding carboxylic acids is 1.